The van der Waals surface area contributed by atoms with Crippen molar-refractivity contribution in [2.75, 3.05) is 7.11 Å². The van der Waals surface area contributed by atoms with E-state index in [1.807, 2.05) is 0 Å². The van der Waals surface area contributed by atoms with Gasteiger partial charge in [-0.3, -0.25) is 4.79 Å². The van der Waals surface area contributed by atoms with Crippen molar-refractivity contribution < 1.29 is 24.5 Å². The highest BCUT2D eigenvalue weighted by Crippen LogP contribution is 2.30. The lowest BCUT2D eigenvalue weighted by Crippen LogP contribution is -2.03. The quantitative estimate of drug-likeness (QED) is 0.641. The number of fused-ring (bicyclic) bond motifs is 1. The van der Waals surface area contributed by atoms with Crippen LogP contribution in [0.3, 0.4) is 0 Å². The summed E-state index contributed by atoms with van der Waals surface area (Å²) >= 11 is 0. The number of methoxy groups -OCH3 is 1. The van der Waals surface area contributed by atoms with E-state index in [1.165, 1.54) is 12.1 Å². The summed E-state index contributed by atoms with van der Waals surface area (Å²) in [4.78, 5) is 12.2. The number of rotatable bonds is 3. The molecule has 6 heteroatoms. The van der Waals surface area contributed by atoms with E-state index in [2.05, 4.69) is 0 Å². The molecule has 0 radical (unpaired) electrons. The van der Waals surface area contributed by atoms with Crippen molar-refractivity contribution in [3.05, 3.63) is 58.3 Å². The van der Waals surface area contributed by atoms with Crippen molar-refractivity contribution in [2.24, 2.45) is 0 Å². The zero-order valence-electron chi connectivity index (χ0n) is 12.2. The fourth-order valence-corrected chi connectivity index (χ4v) is 2.34. The minimum atomic E-state index is -1.78. The molecule has 23 heavy (non-hydrogen) atoms. The molecule has 0 atom stereocenters. The fraction of sp³-hybridized carbons (Fsp3) is 0.118. The Labute approximate surface area is 130 Å². The van der Waals surface area contributed by atoms with Gasteiger partial charge in [0.05, 0.1) is 7.11 Å². The van der Waals surface area contributed by atoms with Crippen LogP contribution in [0.4, 0.5) is 0 Å². The van der Waals surface area contributed by atoms with Gasteiger partial charge in [-0.2, -0.15) is 0 Å². The molecule has 6 nitrogen and oxygen atoms in total. The standard InChI is InChI=1S/C17H14O6/c1-22-11-4-2-9(3-5-11)14-8-13(19)16-12(18)6-10(17(20)21)7-15(16)23-14/h2-8,17-18,20-21H,1H3. The summed E-state index contributed by atoms with van der Waals surface area (Å²) in [5.41, 5.74) is 0.337. The summed E-state index contributed by atoms with van der Waals surface area (Å²) in [6.45, 7) is 0. The van der Waals surface area contributed by atoms with Crippen LogP contribution in [0.1, 0.15) is 11.9 Å². The number of aliphatic hydroxyl groups excluding tert-OH is 1. The molecule has 0 fully saturated rings. The monoisotopic (exact) mass is 314 g/mol. The molecule has 0 saturated heterocycles. The van der Waals surface area contributed by atoms with Gasteiger partial charge in [0, 0.05) is 17.2 Å². The zero-order valence-corrected chi connectivity index (χ0v) is 12.2. The Morgan fingerprint density at radius 3 is 2.39 bits per heavy atom. The molecular weight excluding hydrogens is 300 g/mol. The van der Waals surface area contributed by atoms with Gasteiger partial charge in [-0.15, -0.1) is 0 Å². The van der Waals surface area contributed by atoms with Crippen molar-refractivity contribution in [3.8, 4) is 22.8 Å². The van der Waals surface area contributed by atoms with Gasteiger partial charge in [-0.1, -0.05) is 0 Å². The summed E-state index contributed by atoms with van der Waals surface area (Å²) in [7, 11) is 1.55. The molecule has 0 spiro atoms. The normalized spacial score (nSPS) is 11.1. The first-order valence-corrected chi connectivity index (χ1v) is 6.81. The lowest BCUT2D eigenvalue weighted by molar-refractivity contribution is -0.0425. The Hall–Kier alpha value is -2.83. The molecule has 2 aromatic carbocycles. The van der Waals surface area contributed by atoms with Gasteiger partial charge in [0.1, 0.15) is 28.2 Å². The lowest BCUT2D eigenvalue weighted by Gasteiger charge is -2.09. The molecule has 0 aliphatic rings. The highest BCUT2D eigenvalue weighted by atomic mass is 16.5. The van der Waals surface area contributed by atoms with Crippen LogP contribution >= 0.6 is 0 Å². The third-order valence-electron chi connectivity index (χ3n) is 3.50. The first-order chi connectivity index (χ1) is 11.0. The maximum Gasteiger partial charge on any atom is 0.197 e. The Bertz CT molecular complexity index is 909. The highest BCUT2D eigenvalue weighted by Gasteiger charge is 2.14. The lowest BCUT2D eigenvalue weighted by atomic mass is 10.1. The second-order valence-corrected chi connectivity index (χ2v) is 4.99. The molecule has 1 heterocycles. The SMILES string of the molecule is COc1ccc(-c2cc(=O)c3c(O)cc(C(O)O)cc3o2)cc1. The molecule has 0 bridgehead atoms. The minimum absolute atomic E-state index is 0.00772. The van der Waals surface area contributed by atoms with Crippen molar-refractivity contribution in [1.82, 2.24) is 0 Å². The van der Waals surface area contributed by atoms with Crippen LogP contribution in [-0.4, -0.2) is 22.4 Å². The minimum Gasteiger partial charge on any atom is -0.507 e. The van der Waals surface area contributed by atoms with Gasteiger partial charge < -0.3 is 24.5 Å². The van der Waals surface area contributed by atoms with E-state index < -0.39 is 11.7 Å². The molecule has 0 amide bonds. The maximum atomic E-state index is 12.2. The highest BCUT2D eigenvalue weighted by molar-refractivity contribution is 5.85. The van der Waals surface area contributed by atoms with Gasteiger partial charge in [0.25, 0.3) is 0 Å². The Balaban J connectivity index is 2.21. The summed E-state index contributed by atoms with van der Waals surface area (Å²) in [6.07, 6.45) is -1.78. The van der Waals surface area contributed by atoms with Crippen molar-refractivity contribution in [1.29, 1.82) is 0 Å². The van der Waals surface area contributed by atoms with E-state index in [1.54, 1.807) is 31.4 Å². The first kappa shape index (κ1) is 15.1. The third kappa shape index (κ3) is 2.77. The largest absolute Gasteiger partial charge is 0.507 e. The average molecular weight is 314 g/mol. The Morgan fingerprint density at radius 1 is 1.09 bits per heavy atom. The van der Waals surface area contributed by atoms with Gasteiger partial charge in [0.15, 0.2) is 11.7 Å². The van der Waals surface area contributed by atoms with E-state index in [0.29, 0.717) is 17.1 Å². The number of aliphatic hydroxyl groups is 2. The number of phenolic OH excluding ortho intramolecular Hbond substituents is 1. The first-order valence-electron chi connectivity index (χ1n) is 6.81. The second kappa shape index (κ2) is 5.75. The smallest absolute Gasteiger partial charge is 0.197 e. The zero-order chi connectivity index (χ0) is 16.6. The molecule has 0 aliphatic heterocycles. The fourth-order valence-electron chi connectivity index (χ4n) is 2.34. The molecule has 0 saturated carbocycles. The number of aromatic hydroxyl groups is 1. The van der Waals surface area contributed by atoms with E-state index in [9.17, 15) is 20.1 Å². The molecule has 0 aliphatic carbocycles. The summed E-state index contributed by atoms with van der Waals surface area (Å²) < 4.78 is 10.7. The van der Waals surface area contributed by atoms with Crippen LogP contribution < -0.4 is 10.2 Å². The van der Waals surface area contributed by atoms with E-state index in [-0.39, 0.29) is 22.3 Å². The van der Waals surface area contributed by atoms with Crippen molar-refractivity contribution in [3.63, 3.8) is 0 Å². The van der Waals surface area contributed by atoms with Gasteiger partial charge >= 0.3 is 0 Å². The maximum absolute atomic E-state index is 12.2. The van der Waals surface area contributed by atoms with Crippen LogP contribution in [0.25, 0.3) is 22.3 Å². The molecule has 1 aromatic heterocycles. The van der Waals surface area contributed by atoms with Crippen LogP contribution in [0.2, 0.25) is 0 Å². The van der Waals surface area contributed by atoms with Crippen LogP contribution in [0.5, 0.6) is 11.5 Å². The van der Waals surface area contributed by atoms with Gasteiger partial charge in [-0.25, -0.2) is 0 Å². The van der Waals surface area contributed by atoms with Crippen LogP contribution in [0.15, 0.2) is 51.7 Å². The summed E-state index contributed by atoms with van der Waals surface area (Å²) in [5, 5.41) is 28.4. The van der Waals surface area contributed by atoms with Gasteiger partial charge in [0.2, 0.25) is 0 Å². The molecule has 118 valence electrons. The summed E-state index contributed by atoms with van der Waals surface area (Å²) in [6, 6.07) is 10.6. The Morgan fingerprint density at radius 2 is 1.78 bits per heavy atom. The molecule has 3 aromatic rings. The number of ether oxygens (including phenoxy) is 1. The second-order valence-electron chi connectivity index (χ2n) is 4.99. The Kier molecular flexibility index (Phi) is 3.77. The predicted octanol–water partition coefficient (Wildman–Crippen LogP) is 2.16. The van der Waals surface area contributed by atoms with E-state index >= 15 is 0 Å². The van der Waals surface area contributed by atoms with Crippen molar-refractivity contribution >= 4 is 11.0 Å². The predicted molar refractivity (Wildman–Crippen MR) is 83.3 cm³/mol. The van der Waals surface area contributed by atoms with E-state index in [0.717, 1.165) is 6.07 Å². The number of phenols is 1. The third-order valence-corrected chi connectivity index (χ3v) is 3.50. The molecular formula is C17H14O6. The molecule has 3 rings (SSSR count). The van der Waals surface area contributed by atoms with Crippen LogP contribution in [0, 0.1) is 0 Å². The molecule has 0 unspecified atom stereocenters. The molecule has 3 N–H and O–H groups in total. The number of hydrogen-bond donors (Lipinski definition) is 3. The topological polar surface area (TPSA) is 100 Å². The average Bonchev–Trinajstić information content (AvgIpc) is 2.54. The number of hydrogen-bond acceptors (Lipinski definition) is 6. The summed E-state index contributed by atoms with van der Waals surface area (Å²) in [5.74, 6) is 0.606. The van der Waals surface area contributed by atoms with Gasteiger partial charge in [-0.05, 0) is 36.4 Å². The van der Waals surface area contributed by atoms with Crippen molar-refractivity contribution in [2.45, 2.75) is 6.29 Å². The van der Waals surface area contributed by atoms with E-state index in [4.69, 9.17) is 9.15 Å². The van der Waals surface area contributed by atoms with Crippen LogP contribution in [-0.2, 0) is 0 Å². The number of benzene rings is 2.